The Morgan fingerprint density at radius 3 is 2.09 bits per heavy atom. The van der Waals surface area contributed by atoms with E-state index in [9.17, 15) is 0 Å². The second-order valence-electron chi connectivity index (χ2n) is 6.41. The first-order chi connectivity index (χ1) is 11.2. The Bertz CT molecular complexity index is 433. The first-order valence-electron chi connectivity index (χ1n) is 9.30. The standard InChI is InChI=1S/C20H34N2S/c1-4-6-8-10-15-22(16-11-9-7-5-2)20(23)21-19-14-12-13-18(3)17-19/h12-14,17H,4-11,15-16H2,1-3H3,(H,21,23). The molecule has 1 rings (SSSR count). The molecule has 1 N–H and O–H groups in total. The van der Waals surface area contributed by atoms with Crippen LogP contribution in [0.2, 0.25) is 0 Å². The number of nitrogens with one attached hydrogen (secondary N) is 1. The number of thiocarbonyl (C=S) groups is 1. The lowest BCUT2D eigenvalue weighted by atomic mass is 10.2. The first kappa shape index (κ1) is 20.0. The van der Waals surface area contributed by atoms with Crippen molar-refractivity contribution in [1.82, 2.24) is 4.90 Å². The molecule has 0 aromatic heterocycles. The third kappa shape index (κ3) is 8.95. The maximum absolute atomic E-state index is 5.67. The molecule has 1 aromatic rings. The van der Waals surface area contributed by atoms with Crippen LogP contribution in [0.25, 0.3) is 0 Å². The van der Waals surface area contributed by atoms with Crippen molar-refractivity contribution in [3.8, 4) is 0 Å². The highest BCUT2D eigenvalue weighted by Crippen LogP contribution is 2.12. The van der Waals surface area contributed by atoms with Gasteiger partial charge in [-0.2, -0.15) is 0 Å². The van der Waals surface area contributed by atoms with Gasteiger partial charge in [-0.05, 0) is 49.7 Å². The Kier molecular flexibility index (Phi) is 10.7. The minimum atomic E-state index is 0.878. The van der Waals surface area contributed by atoms with Gasteiger partial charge in [0, 0.05) is 18.8 Å². The highest BCUT2D eigenvalue weighted by molar-refractivity contribution is 7.80. The van der Waals surface area contributed by atoms with Crippen LogP contribution in [-0.2, 0) is 0 Å². The zero-order chi connectivity index (χ0) is 16.9. The third-order valence-electron chi connectivity index (χ3n) is 4.12. The molecule has 0 heterocycles. The molecule has 0 spiro atoms. The monoisotopic (exact) mass is 334 g/mol. The molecule has 0 fully saturated rings. The second-order valence-corrected chi connectivity index (χ2v) is 6.79. The molecule has 130 valence electrons. The van der Waals surface area contributed by atoms with Gasteiger partial charge in [-0.1, -0.05) is 64.5 Å². The molecule has 0 atom stereocenters. The Morgan fingerprint density at radius 1 is 0.957 bits per heavy atom. The molecule has 0 saturated heterocycles. The molecule has 0 aliphatic rings. The van der Waals surface area contributed by atoms with Crippen LogP contribution in [0.1, 0.15) is 70.8 Å². The van der Waals surface area contributed by atoms with E-state index in [0.29, 0.717) is 0 Å². The van der Waals surface area contributed by atoms with Gasteiger partial charge in [0.1, 0.15) is 0 Å². The second kappa shape index (κ2) is 12.3. The molecule has 0 amide bonds. The van der Waals surface area contributed by atoms with Crippen molar-refractivity contribution >= 4 is 23.0 Å². The molecule has 0 unspecified atom stereocenters. The molecule has 3 heteroatoms. The van der Waals surface area contributed by atoms with Crippen molar-refractivity contribution in [2.75, 3.05) is 18.4 Å². The summed E-state index contributed by atoms with van der Waals surface area (Å²) in [6.45, 7) is 8.77. The van der Waals surface area contributed by atoms with Crippen molar-refractivity contribution in [2.45, 2.75) is 72.1 Å². The summed E-state index contributed by atoms with van der Waals surface area (Å²) in [4.78, 5) is 2.36. The van der Waals surface area contributed by atoms with Crippen LogP contribution in [-0.4, -0.2) is 23.1 Å². The van der Waals surface area contributed by atoms with Crippen LogP contribution in [0.5, 0.6) is 0 Å². The largest absolute Gasteiger partial charge is 0.349 e. The fourth-order valence-electron chi connectivity index (χ4n) is 2.70. The minimum absolute atomic E-state index is 0.878. The molecule has 0 saturated carbocycles. The van der Waals surface area contributed by atoms with E-state index in [1.165, 1.54) is 56.9 Å². The number of hydrogen-bond donors (Lipinski definition) is 1. The highest BCUT2D eigenvalue weighted by Gasteiger charge is 2.09. The van der Waals surface area contributed by atoms with Crippen LogP contribution >= 0.6 is 12.2 Å². The lowest BCUT2D eigenvalue weighted by molar-refractivity contribution is 0.391. The molecule has 1 aromatic carbocycles. The quantitative estimate of drug-likeness (QED) is 0.386. The van der Waals surface area contributed by atoms with Crippen LogP contribution in [0.15, 0.2) is 24.3 Å². The van der Waals surface area contributed by atoms with Gasteiger partial charge in [-0.3, -0.25) is 0 Å². The predicted molar refractivity (Wildman–Crippen MR) is 107 cm³/mol. The van der Waals surface area contributed by atoms with Gasteiger partial charge in [0.15, 0.2) is 5.11 Å². The lowest BCUT2D eigenvalue weighted by Gasteiger charge is -2.26. The van der Waals surface area contributed by atoms with Crippen LogP contribution < -0.4 is 5.32 Å². The summed E-state index contributed by atoms with van der Waals surface area (Å²) in [5.74, 6) is 0. The minimum Gasteiger partial charge on any atom is -0.349 e. The molecule has 2 nitrogen and oxygen atoms in total. The summed E-state index contributed by atoms with van der Waals surface area (Å²) in [6, 6.07) is 8.43. The SMILES string of the molecule is CCCCCCN(CCCCCC)C(=S)Nc1cccc(C)c1. The molecular formula is C20H34N2S. The first-order valence-corrected chi connectivity index (χ1v) is 9.70. The van der Waals surface area contributed by atoms with Gasteiger partial charge in [0.05, 0.1) is 0 Å². The van der Waals surface area contributed by atoms with Crippen molar-refractivity contribution in [1.29, 1.82) is 0 Å². The van der Waals surface area contributed by atoms with Crippen molar-refractivity contribution < 1.29 is 0 Å². The van der Waals surface area contributed by atoms with E-state index in [1.807, 2.05) is 0 Å². The van der Waals surface area contributed by atoms with Crippen LogP contribution in [0.3, 0.4) is 0 Å². The van der Waals surface area contributed by atoms with Gasteiger partial charge in [0.2, 0.25) is 0 Å². The Hall–Kier alpha value is -1.09. The topological polar surface area (TPSA) is 15.3 Å². The third-order valence-corrected chi connectivity index (χ3v) is 4.48. The van der Waals surface area contributed by atoms with E-state index in [1.54, 1.807) is 0 Å². The van der Waals surface area contributed by atoms with E-state index >= 15 is 0 Å². The summed E-state index contributed by atoms with van der Waals surface area (Å²) < 4.78 is 0. The van der Waals surface area contributed by atoms with Gasteiger partial charge in [0.25, 0.3) is 0 Å². The maximum atomic E-state index is 5.67. The van der Waals surface area contributed by atoms with E-state index in [2.05, 4.69) is 55.3 Å². The molecule has 0 radical (unpaired) electrons. The smallest absolute Gasteiger partial charge is 0.173 e. The predicted octanol–water partition coefficient (Wildman–Crippen LogP) is 6.15. The number of aryl methyl sites for hydroxylation is 1. The number of hydrogen-bond acceptors (Lipinski definition) is 1. The summed E-state index contributed by atoms with van der Waals surface area (Å²) in [7, 11) is 0. The van der Waals surface area contributed by atoms with Gasteiger partial charge >= 0.3 is 0 Å². The van der Waals surface area contributed by atoms with E-state index < -0.39 is 0 Å². The van der Waals surface area contributed by atoms with E-state index in [0.717, 1.165) is 23.9 Å². The number of nitrogens with zero attached hydrogens (tertiary/aromatic N) is 1. The summed E-state index contributed by atoms with van der Waals surface area (Å²) >= 11 is 5.67. The number of rotatable bonds is 11. The average Bonchev–Trinajstić information content (AvgIpc) is 2.53. The van der Waals surface area contributed by atoms with Crippen molar-refractivity contribution in [3.63, 3.8) is 0 Å². The molecule has 0 aliphatic heterocycles. The summed E-state index contributed by atoms with van der Waals surface area (Å²) in [5, 5.41) is 4.30. The molecule has 0 bridgehead atoms. The molecule has 23 heavy (non-hydrogen) atoms. The molecule has 0 aliphatic carbocycles. The van der Waals surface area contributed by atoms with Gasteiger partial charge in [-0.15, -0.1) is 0 Å². The lowest BCUT2D eigenvalue weighted by Crippen LogP contribution is -2.36. The Morgan fingerprint density at radius 2 is 1.57 bits per heavy atom. The van der Waals surface area contributed by atoms with Crippen molar-refractivity contribution in [3.05, 3.63) is 29.8 Å². The zero-order valence-corrected chi connectivity index (χ0v) is 16.1. The zero-order valence-electron chi connectivity index (χ0n) is 15.2. The number of unbranched alkanes of at least 4 members (excludes halogenated alkanes) is 6. The maximum Gasteiger partial charge on any atom is 0.173 e. The normalized spacial score (nSPS) is 10.6. The van der Waals surface area contributed by atoms with Gasteiger partial charge < -0.3 is 10.2 Å². The van der Waals surface area contributed by atoms with E-state index in [4.69, 9.17) is 12.2 Å². The Labute approximate surface area is 148 Å². The summed E-state index contributed by atoms with van der Waals surface area (Å²) in [5.41, 5.74) is 2.36. The highest BCUT2D eigenvalue weighted by atomic mass is 32.1. The van der Waals surface area contributed by atoms with E-state index in [-0.39, 0.29) is 0 Å². The van der Waals surface area contributed by atoms with Crippen molar-refractivity contribution in [2.24, 2.45) is 0 Å². The average molecular weight is 335 g/mol. The van der Waals surface area contributed by atoms with Crippen LogP contribution in [0.4, 0.5) is 5.69 Å². The number of benzene rings is 1. The fourth-order valence-corrected chi connectivity index (χ4v) is 3.00. The van der Waals surface area contributed by atoms with Gasteiger partial charge in [-0.25, -0.2) is 0 Å². The Balaban J connectivity index is 2.51. The molecular weight excluding hydrogens is 300 g/mol. The summed E-state index contributed by atoms with van der Waals surface area (Å²) in [6.07, 6.45) is 10.3. The fraction of sp³-hybridized carbons (Fsp3) is 0.650. The number of anilines is 1. The van der Waals surface area contributed by atoms with Crippen LogP contribution in [0, 0.1) is 6.92 Å².